The quantitative estimate of drug-likeness (QED) is 0.435. The van der Waals surface area contributed by atoms with E-state index in [-0.39, 0.29) is 17.9 Å². The lowest BCUT2D eigenvalue weighted by Crippen LogP contribution is -2.27. The highest BCUT2D eigenvalue weighted by atomic mass is 16.5. The summed E-state index contributed by atoms with van der Waals surface area (Å²) in [5, 5.41) is 8.64. The second-order valence-corrected chi connectivity index (χ2v) is 8.46. The topological polar surface area (TPSA) is 78.2 Å². The van der Waals surface area contributed by atoms with Gasteiger partial charge in [0.05, 0.1) is 18.5 Å². The molecule has 4 aromatic rings. The average Bonchev–Trinajstić information content (AvgIpc) is 3.17. The largest absolute Gasteiger partial charge is 0.497 e. The molecule has 0 bridgehead atoms. The summed E-state index contributed by atoms with van der Waals surface area (Å²) in [6.45, 7) is 8.42. The lowest BCUT2D eigenvalue weighted by atomic mass is 10.0. The number of pyridine rings is 1. The maximum atomic E-state index is 13.5. The number of carbonyl (C=O) groups excluding carboxylic acids is 1. The van der Waals surface area contributed by atoms with E-state index in [9.17, 15) is 9.59 Å². The Labute approximate surface area is 199 Å². The summed E-state index contributed by atoms with van der Waals surface area (Å²) in [6.07, 6.45) is 0.569. The first-order chi connectivity index (χ1) is 16.3. The molecule has 4 rings (SSSR count). The van der Waals surface area contributed by atoms with Crippen molar-refractivity contribution in [2.24, 2.45) is 0 Å². The molecule has 0 spiro atoms. The van der Waals surface area contributed by atoms with Gasteiger partial charge in [-0.1, -0.05) is 12.1 Å². The lowest BCUT2D eigenvalue weighted by Gasteiger charge is -2.15. The number of hydrogen-bond acceptors (Lipinski definition) is 4. The summed E-state index contributed by atoms with van der Waals surface area (Å²) in [5.74, 6) is 0.586. The molecule has 0 aliphatic heterocycles. The highest BCUT2D eigenvalue weighted by Crippen LogP contribution is 2.27. The average molecular weight is 459 g/mol. The Balaban J connectivity index is 1.68. The summed E-state index contributed by atoms with van der Waals surface area (Å²) >= 11 is 0. The first-order valence-corrected chi connectivity index (χ1v) is 11.5. The van der Waals surface area contributed by atoms with Gasteiger partial charge < -0.3 is 10.1 Å². The molecular formula is C27H30N4O3. The maximum absolute atomic E-state index is 13.5. The van der Waals surface area contributed by atoms with Gasteiger partial charge in [-0.3, -0.25) is 14.2 Å². The van der Waals surface area contributed by atoms with E-state index in [1.54, 1.807) is 35.9 Å². The molecule has 2 aromatic heterocycles. The predicted octanol–water partition coefficient (Wildman–Crippen LogP) is 4.71. The van der Waals surface area contributed by atoms with Gasteiger partial charge in [0, 0.05) is 29.6 Å². The normalized spacial score (nSPS) is 11.1. The number of ether oxygens (including phenoxy) is 1. The summed E-state index contributed by atoms with van der Waals surface area (Å²) in [4.78, 5) is 26.1. The third-order valence-corrected chi connectivity index (χ3v) is 6.16. The Morgan fingerprint density at radius 3 is 2.47 bits per heavy atom. The summed E-state index contributed by atoms with van der Waals surface area (Å²) in [7, 11) is 1.60. The number of methoxy groups -OCH3 is 1. The second-order valence-electron chi connectivity index (χ2n) is 8.46. The van der Waals surface area contributed by atoms with Crippen LogP contribution in [0.2, 0.25) is 0 Å². The van der Waals surface area contributed by atoms with Gasteiger partial charge >= 0.3 is 0 Å². The number of aryl methyl sites for hydroxylation is 4. The zero-order valence-electron chi connectivity index (χ0n) is 20.3. The van der Waals surface area contributed by atoms with E-state index in [4.69, 9.17) is 9.84 Å². The number of rotatable bonds is 7. The Bertz CT molecular complexity index is 1410. The minimum absolute atomic E-state index is 0.0708. The summed E-state index contributed by atoms with van der Waals surface area (Å²) < 4.78 is 8.77. The summed E-state index contributed by atoms with van der Waals surface area (Å²) in [5.41, 5.74) is 5.87. The standard InChI is InChI=1S/C27H30N4O3/c1-6-30-26-25(19(4)29-31(26)21-9-7-8-17(2)16-21)18(3)23(27(30)33)14-15-24(32)28-20-10-12-22(34-5)13-11-20/h7-13,16H,6,14-15H2,1-5H3,(H,28,32). The van der Waals surface area contributed by atoms with Crippen molar-refractivity contribution in [2.45, 2.75) is 47.1 Å². The van der Waals surface area contributed by atoms with Gasteiger partial charge in [0.25, 0.3) is 5.56 Å². The molecular weight excluding hydrogens is 428 g/mol. The molecule has 0 atom stereocenters. The fourth-order valence-electron chi connectivity index (χ4n) is 4.44. The smallest absolute Gasteiger partial charge is 0.255 e. The van der Waals surface area contributed by atoms with Crippen LogP contribution in [0.25, 0.3) is 16.7 Å². The van der Waals surface area contributed by atoms with Crippen molar-refractivity contribution in [3.63, 3.8) is 0 Å². The van der Waals surface area contributed by atoms with Gasteiger partial charge in [0.15, 0.2) is 0 Å². The lowest BCUT2D eigenvalue weighted by molar-refractivity contribution is -0.116. The molecule has 2 aromatic carbocycles. The highest BCUT2D eigenvalue weighted by molar-refractivity contribution is 5.91. The van der Waals surface area contributed by atoms with E-state index >= 15 is 0 Å². The van der Waals surface area contributed by atoms with E-state index in [1.165, 1.54) is 0 Å². The minimum atomic E-state index is -0.140. The molecule has 0 radical (unpaired) electrons. The van der Waals surface area contributed by atoms with Gasteiger partial charge in [-0.25, -0.2) is 4.68 Å². The monoisotopic (exact) mass is 458 g/mol. The molecule has 176 valence electrons. The SMILES string of the molecule is CCn1c(=O)c(CCC(=O)Nc2ccc(OC)cc2)c(C)c2c(C)nn(-c3cccc(C)c3)c21. The Morgan fingerprint density at radius 2 is 1.82 bits per heavy atom. The zero-order valence-corrected chi connectivity index (χ0v) is 20.3. The van der Waals surface area contributed by atoms with Gasteiger partial charge in [0.1, 0.15) is 11.4 Å². The number of benzene rings is 2. The third kappa shape index (κ3) is 4.33. The molecule has 34 heavy (non-hydrogen) atoms. The van der Waals surface area contributed by atoms with Gasteiger partial charge in [-0.15, -0.1) is 0 Å². The number of nitrogens with one attached hydrogen (secondary N) is 1. The first kappa shape index (κ1) is 23.3. The van der Waals surface area contributed by atoms with E-state index in [1.807, 2.05) is 50.6 Å². The van der Waals surface area contributed by atoms with E-state index in [2.05, 4.69) is 11.4 Å². The molecule has 7 heteroatoms. The number of nitrogens with zero attached hydrogens (tertiary/aromatic N) is 3. The fourth-order valence-corrected chi connectivity index (χ4v) is 4.44. The highest BCUT2D eigenvalue weighted by Gasteiger charge is 2.21. The van der Waals surface area contributed by atoms with E-state index < -0.39 is 0 Å². The van der Waals surface area contributed by atoms with Crippen LogP contribution in [0.3, 0.4) is 0 Å². The Morgan fingerprint density at radius 1 is 1.09 bits per heavy atom. The van der Waals surface area contributed by atoms with Crippen molar-refractivity contribution in [1.82, 2.24) is 14.3 Å². The number of fused-ring (bicyclic) bond motifs is 1. The number of hydrogen-bond donors (Lipinski definition) is 1. The molecule has 0 aliphatic carbocycles. The van der Waals surface area contributed by atoms with Crippen LogP contribution >= 0.6 is 0 Å². The number of aromatic nitrogens is 3. The van der Waals surface area contributed by atoms with Crippen LogP contribution in [0.5, 0.6) is 5.75 Å². The maximum Gasteiger partial charge on any atom is 0.255 e. The van der Waals surface area contributed by atoms with Crippen molar-refractivity contribution in [2.75, 3.05) is 12.4 Å². The second kappa shape index (κ2) is 9.55. The third-order valence-electron chi connectivity index (χ3n) is 6.16. The number of anilines is 1. The van der Waals surface area contributed by atoms with Gasteiger partial charge in [-0.05, 0) is 81.6 Å². The number of amides is 1. The zero-order chi connectivity index (χ0) is 24.4. The molecule has 1 amide bonds. The van der Waals surface area contributed by atoms with Gasteiger partial charge in [0.2, 0.25) is 5.91 Å². The Kier molecular flexibility index (Phi) is 6.54. The molecule has 0 saturated heterocycles. The van der Waals surface area contributed by atoms with Crippen molar-refractivity contribution in [3.05, 3.63) is 81.3 Å². The van der Waals surface area contributed by atoms with E-state index in [0.717, 1.165) is 39.3 Å². The molecule has 0 fully saturated rings. The fraction of sp³-hybridized carbons (Fsp3) is 0.296. The van der Waals surface area contributed by atoms with Crippen molar-refractivity contribution in [1.29, 1.82) is 0 Å². The van der Waals surface area contributed by atoms with Crippen molar-refractivity contribution < 1.29 is 9.53 Å². The van der Waals surface area contributed by atoms with Crippen LogP contribution in [0, 0.1) is 20.8 Å². The molecule has 2 heterocycles. The van der Waals surface area contributed by atoms with Crippen molar-refractivity contribution >= 4 is 22.6 Å². The van der Waals surface area contributed by atoms with Crippen LogP contribution in [0.15, 0.2) is 53.3 Å². The van der Waals surface area contributed by atoms with E-state index in [0.29, 0.717) is 24.2 Å². The minimum Gasteiger partial charge on any atom is -0.497 e. The molecule has 0 unspecified atom stereocenters. The van der Waals surface area contributed by atoms with Crippen LogP contribution in [-0.4, -0.2) is 27.4 Å². The molecule has 1 N–H and O–H groups in total. The predicted molar refractivity (Wildman–Crippen MR) is 135 cm³/mol. The van der Waals surface area contributed by atoms with Crippen LogP contribution in [0.4, 0.5) is 5.69 Å². The van der Waals surface area contributed by atoms with Crippen LogP contribution in [0.1, 0.15) is 35.7 Å². The first-order valence-electron chi connectivity index (χ1n) is 11.5. The van der Waals surface area contributed by atoms with Crippen LogP contribution < -0.4 is 15.6 Å². The van der Waals surface area contributed by atoms with Gasteiger partial charge in [-0.2, -0.15) is 5.10 Å². The molecule has 0 aliphatic rings. The molecule has 7 nitrogen and oxygen atoms in total. The molecule has 0 saturated carbocycles. The number of carbonyl (C=O) groups is 1. The summed E-state index contributed by atoms with van der Waals surface area (Å²) in [6, 6.07) is 15.3. The van der Waals surface area contributed by atoms with Crippen molar-refractivity contribution in [3.8, 4) is 11.4 Å². The van der Waals surface area contributed by atoms with Crippen LogP contribution in [-0.2, 0) is 17.8 Å². The Hall–Kier alpha value is -3.87.